The van der Waals surface area contributed by atoms with Crippen LogP contribution in [-0.4, -0.2) is 34.8 Å². The zero-order valence-electron chi connectivity index (χ0n) is 15.6. The van der Waals surface area contributed by atoms with Gasteiger partial charge in [-0.05, 0) is 17.9 Å². The van der Waals surface area contributed by atoms with Crippen LogP contribution in [0.2, 0.25) is 0 Å². The number of aromatic nitrogens is 1. The van der Waals surface area contributed by atoms with E-state index in [4.69, 9.17) is 27.9 Å². The van der Waals surface area contributed by atoms with Gasteiger partial charge in [-0.2, -0.15) is 0 Å². The second kappa shape index (κ2) is 10.7. The Kier molecular flexibility index (Phi) is 8.61. The van der Waals surface area contributed by atoms with Gasteiger partial charge in [0.1, 0.15) is 15.6 Å². The summed E-state index contributed by atoms with van der Waals surface area (Å²) in [6.45, 7) is 1.92. The van der Waals surface area contributed by atoms with Gasteiger partial charge in [0.15, 0.2) is 0 Å². The Balaban J connectivity index is 2.19. The third kappa shape index (κ3) is 6.52. The van der Waals surface area contributed by atoms with E-state index in [2.05, 4.69) is 17.1 Å². The van der Waals surface area contributed by atoms with Crippen molar-refractivity contribution < 1.29 is 9.53 Å². The van der Waals surface area contributed by atoms with Crippen molar-refractivity contribution in [2.75, 3.05) is 14.2 Å². The van der Waals surface area contributed by atoms with E-state index in [-0.39, 0.29) is 17.9 Å². The number of hydrogen-bond acceptors (Lipinski definition) is 4. The van der Waals surface area contributed by atoms with Crippen LogP contribution in [0.25, 0.3) is 0 Å². The SMILES string of the molecule is CO/C(=C/C(=O)N(C)C(Cc1ccccc1)c1nccs1)C[C@H](C)C(Cl)Cl. The molecule has 0 N–H and O–H groups in total. The van der Waals surface area contributed by atoms with E-state index in [0.717, 1.165) is 10.6 Å². The quantitative estimate of drug-likeness (QED) is 0.312. The van der Waals surface area contributed by atoms with Crippen LogP contribution in [0, 0.1) is 5.92 Å². The van der Waals surface area contributed by atoms with Crippen molar-refractivity contribution in [2.45, 2.75) is 30.6 Å². The van der Waals surface area contributed by atoms with Crippen molar-refractivity contribution in [2.24, 2.45) is 5.92 Å². The van der Waals surface area contributed by atoms with Crippen LogP contribution in [0.1, 0.15) is 30.0 Å². The smallest absolute Gasteiger partial charge is 0.250 e. The third-order valence-corrected chi connectivity index (χ3v) is 6.06. The number of amides is 1. The molecule has 1 aromatic heterocycles. The summed E-state index contributed by atoms with van der Waals surface area (Å²) in [6, 6.07) is 9.92. The first-order valence-electron chi connectivity index (χ1n) is 8.65. The summed E-state index contributed by atoms with van der Waals surface area (Å²) in [5.41, 5.74) is 1.15. The highest BCUT2D eigenvalue weighted by molar-refractivity contribution is 7.09. The topological polar surface area (TPSA) is 42.4 Å². The molecule has 27 heavy (non-hydrogen) atoms. The van der Waals surface area contributed by atoms with Crippen molar-refractivity contribution in [1.29, 1.82) is 0 Å². The molecule has 2 atom stereocenters. The van der Waals surface area contributed by atoms with Crippen molar-refractivity contribution >= 4 is 40.4 Å². The largest absolute Gasteiger partial charge is 0.501 e. The monoisotopic (exact) mass is 426 g/mol. The van der Waals surface area contributed by atoms with Gasteiger partial charge in [-0.15, -0.1) is 34.5 Å². The van der Waals surface area contributed by atoms with E-state index in [1.165, 1.54) is 6.08 Å². The van der Waals surface area contributed by atoms with Crippen molar-refractivity contribution in [3.8, 4) is 0 Å². The summed E-state index contributed by atoms with van der Waals surface area (Å²) in [5, 5.41) is 2.82. The summed E-state index contributed by atoms with van der Waals surface area (Å²) in [7, 11) is 3.34. The molecule has 4 nitrogen and oxygen atoms in total. The number of benzene rings is 1. The highest BCUT2D eigenvalue weighted by Gasteiger charge is 2.24. The zero-order valence-corrected chi connectivity index (χ0v) is 18.0. The molecule has 0 radical (unpaired) electrons. The Morgan fingerprint density at radius 2 is 2.04 bits per heavy atom. The maximum absolute atomic E-state index is 12.9. The van der Waals surface area contributed by atoms with Crippen LogP contribution >= 0.6 is 34.5 Å². The predicted molar refractivity (Wildman–Crippen MR) is 112 cm³/mol. The molecule has 1 unspecified atom stereocenters. The first kappa shape index (κ1) is 21.7. The van der Waals surface area contributed by atoms with Gasteiger partial charge in [-0.1, -0.05) is 37.3 Å². The molecule has 0 bridgehead atoms. The van der Waals surface area contributed by atoms with Crippen molar-refractivity contribution in [3.63, 3.8) is 0 Å². The molecule has 1 amide bonds. The van der Waals surface area contributed by atoms with Gasteiger partial charge in [0.05, 0.1) is 13.2 Å². The average Bonchev–Trinajstić information content (AvgIpc) is 3.20. The fourth-order valence-electron chi connectivity index (χ4n) is 2.63. The summed E-state index contributed by atoms with van der Waals surface area (Å²) < 4.78 is 5.36. The van der Waals surface area contributed by atoms with Gasteiger partial charge in [-0.25, -0.2) is 4.98 Å². The lowest BCUT2D eigenvalue weighted by molar-refractivity contribution is -0.127. The fourth-order valence-corrected chi connectivity index (χ4v) is 3.59. The molecule has 0 aliphatic heterocycles. The molecule has 2 aromatic rings. The van der Waals surface area contributed by atoms with Crippen molar-refractivity contribution in [1.82, 2.24) is 9.88 Å². The highest BCUT2D eigenvalue weighted by atomic mass is 35.5. The van der Waals surface area contributed by atoms with Gasteiger partial charge >= 0.3 is 0 Å². The molecular formula is C20H24Cl2N2O2S. The van der Waals surface area contributed by atoms with Crippen LogP contribution in [-0.2, 0) is 16.0 Å². The Labute approximate surface area is 174 Å². The number of thiazole rings is 1. The van der Waals surface area contributed by atoms with Gasteiger partial charge in [0.25, 0.3) is 0 Å². The number of allylic oxidation sites excluding steroid dienone is 1. The first-order chi connectivity index (χ1) is 12.9. The number of halogens is 2. The van der Waals surface area contributed by atoms with Gasteiger partial charge in [-0.3, -0.25) is 4.79 Å². The number of likely N-dealkylation sites (N-methyl/N-ethyl adjacent to an activating group) is 1. The maximum atomic E-state index is 12.9. The third-order valence-electron chi connectivity index (χ3n) is 4.32. The standard InChI is InChI=1S/C20H24Cl2N2O2S/c1-14(19(21)22)11-16(26-3)13-18(25)24(2)17(20-23-9-10-27-20)12-15-7-5-4-6-8-15/h4-10,13-14,17,19H,11-12H2,1-3H3/b16-13+/t14-,17?/m0/s1. The molecular weight excluding hydrogens is 403 g/mol. The molecule has 0 fully saturated rings. The highest BCUT2D eigenvalue weighted by Crippen LogP contribution is 2.27. The lowest BCUT2D eigenvalue weighted by Gasteiger charge is -2.26. The molecule has 2 rings (SSSR count). The van der Waals surface area contributed by atoms with Gasteiger partial charge < -0.3 is 9.64 Å². The fraction of sp³-hybridized carbons (Fsp3) is 0.400. The predicted octanol–water partition coefficient (Wildman–Crippen LogP) is 5.25. The molecule has 146 valence electrons. The summed E-state index contributed by atoms with van der Waals surface area (Å²) in [4.78, 5) is 18.5. The molecule has 0 aliphatic carbocycles. The number of ether oxygens (including phenoxy) is 1. The van der Waals surface area contributed by atoms with Crippen molar-refractivity contribution in [3.05, 3.63) is 64.3 Å². The number of carbonyl (C=O) groups is 1. The number of hydrogen-bond donors (Lipinski definition) is 0. The van der Waals surface area contributed by atoms with E-state index in [1.807, 2.05) is 30.5 Å². The minimum Gasteiger partial charge on any atom is -0.501 e. The summed E-state index contributed by atoms with van der Waals surface area (Å²) in [6.07, 6.45) is 4.46. The maximum Gasteiger partial charge on any atom is 0.250 e. The normalized spacial score (nSPS) is 14.1. The minimum absolute atomic E-state index is 0.0169. The molecule has 0 aliphatic rings. The Morgan fingerprint density at radius 1 is 1.33 bits per heavy atom. The van der Waals surface area contributed by atoms with E-state index in [1.54, 1.807) is 36.6 Å². The molecule has 0 saturated heterocycles. The Bertz CT molecular complexity index is 736. The number of rotatable bonds is 9. The summed E-state index contributed by atoms with van der Waals surface area (Å²) in [5.74, 6) is 0.399. The van der Waals surface area contributed by atoms with E-state index in [0.29, 0.717) is 18.6 Å². The first-order valence-corrected chi connectivity index (χ1v) is 10.4. The second-order valence-corrected chi connectivity index (χ2v) is 8.45. The van der Waals surface area contributed by atoms with Gasteiger partial charge in [0, 0.05) is 31.1 Å². The lowest BCUT2D eigenvalue weighted by Crippen LogP contribution is -2.31. The zero-order chi connectivity index (χ0) is 19.8. The average molecular weight is 427 g/mol. The van der Waals surface area contributed by atoms with E-state index < -0.39 is 4.84 Å². The van der Waals surface area contributed by atoms with E-state index in [9.17, 15) is 4.79 Å². The van der Waals surface area contributed by atoms with Crippen LogP contribution in [0.4, 0.5) is 0 Å². The molecule has 7 heteroatoms. The number of alkyl halides is 2. The lowest BCUT2D eigenvalue weighted by atomic mass is 10.0. The summed E-state index contributed by atoms with van der Waals surface area (Å²) >= 11 is 13.4. The van der Waals surface area contributed by atoms with Crippen LogP contribution < -0.4 is 0 Å². The number of carbonyl (C=O) groups excluding carboxylic acids is 1. The van der Waals surface area contributed by atoms with Crippen LogP contribution in [0.5, 0.6) is 0 Å². The minimum atomic E-state index is -0.516. The second-order valence-electron chi connectivity index (χ2n) is 6.36. The number of nitrogens with zero attached hydrogens (tertiary/aromatic N) is 2. The Hall–Kier alpha value is -1.56. The number of methoxy groups -OCH3 is 1. The van der Waals surface area contributed by atoms with Crippen LogP contribution in [0.15, 0.2) is 53.7 Å². The Morgan fingerprint density at radius 3 is 2.59 bits per heavy atom. The van der Waals surface area contributed by atoms with Crippen LogP contribution in [0.3, 0.4) is 0 Å². The van der Waals surface area contributed by atoms with E-state index >= 15 is 0 Å². The molecule has 0 spiro atoms. The molecule has 1 heterocycles. The molecule has 0 saturated carbocycles. The van der Waals surface area contributed by atoms with Gasteiger partial charge in [0.2, 0.25) is 5.91 Å². The molecule has 1 aromatic carbocycles.